The van der Waals surface area contributed by atoms with Crippen molar-refractivity contribution in [3.05, 3.63) is 53.3 Å². The van der Waals surface area contributed by atoms with Crippen LogP contribution in [-0.2, 0) is 23.6 Å². The van der Waals surface area contributed by atoms with Gasteiger partial charge in [-0.15, -0.1) is 0 Å². The third-order valence-corrected chi connectivity index (χ3v) is 5.74. The number of benzene rings is 2. The molecule has 0 N–H and O–H groups in total. The molecule has 0 aliphatic carbocycles. The molecule has 0 amide bonds. The van der Waals surface area contributed by atoms with Crippen molar-refractivity contribution in [3.63, 3.8) is 0 Å². The van der Waals surface area contributed by atoms with E-state index in [0.29, 0.717) is 22.1 Å². The van der Waals surface area contributed by atoms with Gasteiger partial charge in [-0.3, -0.25) is 0 Å². The number of likely N-dealkylation sites (N-methyl/N-ethyl adjacent to an activating group) is 1. The van der Waals surface area contributed by atoms with Crippen LogP contribution < -0.4 is 4.74 Å². The predicted octanol–water partition coefficient (Wildman–Crippen LogP) is 3.42. The van der Waals surface area contributed by atoms with Crippen LogP contribution in [0, 0.1) is 5.82 Å². The Balaban J connectivity index is 2.02. The first-order valence-electron chi connectivity index (χ1n) is 8.23. The summed E-state index contributed by atoms with van der Waals surface area (Å²) in [5.41, 5.74) is 2.50. The van der Waals surface area contributed by atoms with Gasteiger partial charge in [-0.05, 0) is 74.3 Å². The van der Waals surface area contributed by atoms with Gasteiger partial charge in [0, 0.05) is 18.0 Å². The summed E-state index contributed by atoms with van der Waals surface area (Å²) in [4.78, 5) is 3.56. The van der Waals surface area contributed by atoms with E-state index in [1.807, 2.05) is 19.1 Å². The highest BCUT2D eigenvalue weighted by Crippen LogP contribution is 2.31. The monoisotopic (exact) mass is 347 g/mol. The molecular weight excluding hydrogens is 325 g/mol. The van der Waals surface area contributed by atoms with Crippen molar-refractivity contribution in [1.29, 1.82) is 0 Å². The van der Waals surface area contributed by atoms with Crippen LogP contribution in [0.15, 0.2) is 46.2 Å². The zero-order valence-electron chi connectivity index (χ0n) is 14.0. The van der Waals surface area contributed by atoms with Crippen molar-refractivity contribution in [3.8, 4) is 5.75 Å². The lowest BCUT2D eigenvalue weighted by Gasteiger charge is -2.15. The Morgan fingerprint density at radius 3 is 2.38 bits per heavy atom. The van der Waals surface area contributed by atoms with Crippen LogP contribution >= 0.6 is 0 Å². The average Bonchev–Trinajstić information content (AvgIpc) is 2.76. The Morgan fingerprint density at radius 2 is 1.75 bits per heavy atom. The molecule has 3 nitrogen and oxygen atoms in total. The quantitative estimate of drug-likeness (QED) is 0.849. The third kappa shape index (κ3) is 3.68. The molecule has 1 atom stereocenters. The molecule has 1 aliphatic rings. The van der Waals surface area contributed by atoms with E-state index in [1.165, 1.54) is 23.3 Å². The van der Waals surface area contributed by atoms with E-state index in [-0.39, 0.29) is 5.82 Å². The molecule has 5 heteroatoms. The minimum Gasteiger partial charge on any atom is -0.493 e. The summed E-state index contributed by atoms with van der Waals surface area (Å²) in [5.74, 6) is 0.342. The molecule has 0 aromatic heterocycles. The van der Waals surface area contributed by atoms with Crippen molar-refractivity contribution in [2.24, 2.45) is 0 Å². The normalized spacial score (nSPS) is 16.3. The molecule has 1 unspecified atom stereocenters. The second kappa shape index (κ2) is 7.45. The van der Waals surface area contributed by atoms with Crippen molar-refractivity contribution >= 4 is 10.8 Å². The first-order chi connectivity index (χ1) is 11.6. The van der Waals surface area contributed by atoms with Gasteiger partial charge in [-0.2, -0.15) is 0 Å². The minimum atomic E-state index is -1.39. The number of fused-ring (bicyclic) bond motifs is 1. The summed E-state index contributed by atoms with van der Waals surface area (Å²) < 4.78 is 31.9. The number of hydrogen-bond donors (Lipinski definition) is 0. The molecular formula is C19H22FNO2S. The van der Waals surface area contributed by atoms with Gasteiger partial charge in [0.05, 0.1) is 22.3 Å². The molecule has 0 bridgehead atoms. The zero-order chi connectivity index (χ0) is 17.1. The molecule has 2 aromatic rings. The second-order valence-corrected chi connectivity index (χ2v) is 7.48. The van der Waals surface area contributed by atoms with Gasteiger partial charge in [0.15, 0.2) is 0 Å². The summed E-state index contributed by atoms with van der Waals surface area (Å²) in [6.07, 6.45) is 1.90. The average molecular weight is 347 g/mol. The molecule has 2 aromatic carbocycles. The van der Waals surface area contributed by atoms with Crippen LogP contribution in [0.1, 0.15) is 18.1 Å². The summed E-state index contributed by atoms with van der Waals surface area (Å²) in [6, 6.07) is 9.87. The second-order valence-electron chi connectivity index (χ2n) is 6.03. The predicted molar refractivity (Wildman–Crippen MR) is 93.6 cm³/mol. The van der Waals surface area contributed by atoms with E-state index in [1.54, 1.807) is 12.1 Å². The Kier molecular flexibility index (Phi) is 5.31. The number of halogens is 1. The molecule has 128 valence electrons. The highest BCUT2D eigenvalue weighted by molar-refractivity contribution is 7.85. The molecule has 1 aliphatic heterocycles. The molecule has 0 saturated heterocycles. The van der Waals surface area contributed by atoms with Gasteiger partial charge in [0.1, 0.15) is 11.6 Å². The molecule has 1 heterocycles. The summed E-state index contributed by atoms with van der Waals surface area (Å²) in [5, 5.41) is 0. The molecule has 0 radical (unpaired) electrons. The Morgan fingerprint density at radius 1 is 1.12 bits per heavy atom. The Hall–Kier alpha value is -1.72. The largest absolute Gasteiger partial charge is 0.493 e. The summed E-state index contributed by atoms with van der Waals surface area (Å²) >= 11 is 0. The molecule has 24 heavy (non-hydrogen) atoms. The molecule has 0 spiro atoms. The van der Waals surface area contributed by atoms with E-state index >= 15 is 0 Å². The fourth-order valence-electron chi connectivity index (χ4n) is 2.94. The van der Waals surface area contributed by atoms with E-state index in [9.17, 15) is 8.60 Å². The fourth-order valence-corrected chi connectivity index (χ4v) is 4.13. The van der Waals surface area contributed by atoms with E-state index in [0.717, 1.165) is 25.9 Å². The van der Waals surface area contributed by atoms with Crippen molar-refractivity contribution in [2.45, 2.75) is 29.6 Å². The molecule has 0 saturated carbocycles. The first-order valence-corrected chi connectivity index (χ1v) is 9.38. The van der Waals surface area contributed by atoms with Gasteiger partial charge in [0.25, 0.3) is 0 Å². The lowest BCUT2D eigenvalue weighted by atomic mass is 10.0. The van der Waals surface area contributed by atoms with Gasteiger partial charge in [-0.1, -0.05) is 0 Å². The highest BCUT2D eigenvalue weighted by atomic mass is 32.2. The maximum Gasteiger partial charge on any atom is 0.136 e. The Labute approximate surface area is 144 Å². The SMILES string of the molecule is CCOc1cc2c(cc1S(=O)c1ccc(F)cc1)CCN(C)CC2. The maximum atomic E-state index is 13.1. The van der Waals surface area contributed by atoms with Crippen molar-refractivity contribution in [2.75, 3.05) is 26.7 Å². The van der Waals surface area contributed by atoms with Crippen molar-refractivity contribution < 1.29 is 13.3 Å². The van der Waals surface area contributed by atoms with Crippen LogP contribution in [0.5, 0.6) is 5.75 Å². The van der Waals surface area contributed by atoms with Crippen LogP contribution in [-0.4, -0.2) is 35.9 Å². The number of nitrogens with zero attached hydrogens (tertiary/aromatic N) is 1. The van der Waals surface area contributed by atoms with Crippen LogP contribution in [0.4, 0.5) is 4.39 Å². The lowest BCUT2D eigenvalue weighted by Crippen LogP contribution is -2.20. The zero-order valence-corrected chi connectivity index (χ0v) is 14.9. The van der Waals surface area contributed by atoms with Crippen LogP contribution in [0.2, 0.25) is 0 Å². The van der Waals surface area contributed by atoms with E-state index in [2.05, 4.69) is 11.9 Å². The van der Waals surface area contributed by atoms with Gasteiger partial charge >= 0.3 is 0 Å². The van der Waals surface area contributed by atoms with Gasteiger partial charge < -0.3 is 9.64 Å². The van der Waals surface area contributed by atoms with Gasteiger partial charge in [-0.25, -0.2) is 8.60 Å². The maximum absolute atomic E-state index is 13.1. The molecule has 3 rings (SSSR count). The summed E-state index contributed by atoms with van der Waals surface area (Å²) in [6.45, 7) is 4.44. The number of hydrogen-bond acceptors (Lipinski definition) is 3. The topological polar surface area (TPSA) is 29.5 Å². The van der Waals surface area contributed by atoms with Crippen LogP contribution in [0.3, 0.4) is 0 Å². The third-order valence-electron chi connectivity index (χ3n) is 4.32. The highest BCUT2D eigenvalue weighted by Gasteiger charge is 2.19. The standard InChI is InChI=1S/C19H22FNO2S/c1-3-23-18-12-14-8-10-21(2)11-9-15(14)13-19(18)24(22)17-6-4-16(20)5-7-17/h4-7,12-13H,3,8-11H2,1-2H3. The van der Waals surface area contributed by atoms with Gasteiger partial charge in [0.2, 0.25) is 0 Å². The number of rotatable bonds is 4. The smallest absolute Gasteiger partial charge is 0.136 e. The fraction of sp³-hybridized carbons (Fsp3) is 0.368. The van der Waals surface area contributed by atoms with E-state index in [4.69, 9.17) is 4.74 Å². The summed E-state index contributed by atoms with van der Waals surface area (Å²) in [7, 11) is 0.732. The van der Waals surface area contributed by atoms with Crippen LogP contribution in [0.25, 0.3) is 0 Å². The first kappa shape index (κ1) is 17.1. The van der Waals surface area contributed by atoms with Crippen molar-refractivity contribution in [1.82, 2.24) is 4.90 Å². The number of ether oxygens (including phenoxy) is 1. The lowest BCUT2D eigenvalue weighted by molar-refractivity contribution is 0.331. The molecule has 0 fully saturated rings. The minimum absolute atomic E-state index is 0.328. The van der Waals surface area contributed by atoms with E-state index < -0.39 is 10.8 Å². The Bertz CT molecular complexity index is 746.